The van der Waals surface area contributed by atoms with E-state index in [0.29, 0.717) is 6.54 Å². The van der Waals surface area contributed by atoms with Gasteiger partial charge in [-0.2, -0.15) is 0 Å². The zero-order valence-electron chi connectivity index (χ0n) is 15.7. The van der Waals surface area contributed by atoms with E-state index in [9.17, 15) is 4.79 Å². The number of hydrogen-bond acceptors (Lipinski definition) is 1. The van der Waals surface area contributed by atoms with Crippen molar-refractivity contribution in [1.29, 1.82) is 0 Å². The Hall–Kier alpha value is -2.66. The Morgan fingerprint density at radius 2 is 1.62 bits per heavy atom. The molecule has 0 radical (unpaired) electrons. The van der Waals surface area contributed by atoms with Gasteiger partial charge in [-0.3, -0.25) is 4.79 Å². The molecule has 3 aromatic carbocycles. The largest absolute Gasteiger partial charge is 0.319 e. The summed E-state index contributed by atoms with van der Waals surface area (Å²) in [5.41, 5.74) is 6.74. The van der Waals surface area contributed by atoms with E-state index in [-0.39, 0.29) is 11.8 Å². The molecule has 2 heterocycles. The third-order valence-corrected chi connectivity index (χ3v) is 7.53. The van der Waals surface area contributed by atoms with Gasteiger partial charge in [-0.25, -0.2) is 0 Å². The van der Waals surface area contributed by atoms with Crippen LogP contribution in [0.25, 0.3) is 11.6 Å². The molecule has 6 rings (SSSR count). The van der Waals surface area contributed by atoms with E-state index in [0.717, 1.165) is 14.7 Å². The molecule has 0 saturated heterocycles. The molecule has 1 amide bonds. The van der Waals surface area contributed by atoms with E-state index in [1.54, 1.807) is 0 Å². The van der Waals surface area contributed by atoms with Crippen molar-refractivity contribution in [3.05, 3.63) is 116 Å². The Labute approximate surface area is 183 Å². The van der Waals surface area contributed by atoms with E-state index in [1.807, 2.05) is 6.07 Å². The van der Waals surface area contributed by atoms with E-state index in [1.165, 1.54) is 22.3 Å². The summed E-state index contributed by atoms with van der Waals surface area (Å²) in [7, 11) is 0. The van der Waals surface area contributed by atoms with Gasteiger partial charge in [0, 0.05) is 18.0 Å². The van der Waals surface area contributed by atoms with Crippen LogP contribution >= 0.6 is 22.6 Å². The van der Waals surface area contributed by atoms with Crippen LogP contribution in [-0.2, 0) is 16.9 Å². The summed E-state index contributed by atoms with van der Waals surface area (Å²) >= 11 is 2.27. The smallest absolute Gasteiger partial charge is 0.261 e. The summed E-state index contributed by atoms with van der Waals surface area (Å²) in [6, 6.07) is 27.6. The van der Waals surface area contributed by atoms with Gasteiger partial charge in [0.25, 0.3) is 5.91 Å². The highest BCUT2D eigenvalue weighted by Crippen LogP contribution is 2.62. The third kappa shape index (κ3) is 2.14. The monoisotopic (exact) mass is 487 g/mol. The highest BCUT2D eigenvalue weighted by molar-refractivity contribution is 14.1. The maximum Gasteiger partial charge on any atom is 0.261 e. The SMILES string of the molecule is O=C1C(I)=C(c2ccccc2)[C@]23c4ccccc4C=C[C@H]2c2ccccc2CN13. The standard InChI is InChI=1S/C26H18INO/c27-24-23(18-9-2-1-3-10-18)26-21-13-7-5-8-17(21)14-15-22(26)20-12-6-4-11-19(20)16-28(26)25(24)29/h1-15,22H,16H2/t22-,26-/m0/s1. The van der Waals surface area contributed by atoms with Gasteiger partial charge in [0.1, 0.15) is 5.54 Å². The van der Waals surface area contributed by atoms with Crippen molar-refractivity contribution >= 4 is 40.1 Å². The lowest BCUT2D eigenvalue weighted by Gasteiger charge is -2.52. The lowest BCUT2D eigenvalue weighted by Crippen LogP contribution is -2.53. The first kappa shape index (κ1) is 17.2. The molecule has 1 aliphatic carbocycles. The molecule has 3 aromatic rings. The van der Waals surface area contributed by atoms with Crippen molar-refractivity contribution in [2.24, 2.45) is 0 Å². The zero-order valence-corrected chi connectivity index (χ0v) is 17.8. The topological polar surface area (TPSA) is 20.3 Å². The number of halogens is 1. The van der Waals surface area contributed by atoms with E-state index in [4.69, 9.17) is 0 Å². The summed E-state index contributed by atoms with van der Waals surface area (Å²) < 4.78 is 0.830. The highest BCUT2D eigenvalue weighted by Gasteiger charge is 2.60. The second kappa shape index (κ2) is 6.17. The average Bonchev–Trinajstić information content (AvgIpc) is 2.99. The van der Waals surface area contributed by atoms with Crippen LogP contribution in [0, 0.1) is 0 Å². The lowest BCUT2D eigenvalue weighted by atomic mass is 9.62. The van der Waals surface area contributed by atoms with Crippen molar-refractivity contribution < 1.29 is 4.79 Å². The van der Waals surface area contributed by atoms with Crippen LogP contribution < -0.4 is 0 Å². The number of benzene rings is 3. The fourth-order valence-corrected chi connectivity index (χ4v) is 6.43. The minimum atomic E-state index is -0.505. The summed E-state index contributed by atoms with van der Waals surface area (Å²) in [5.74, 6) is 0.225. The summed E-state index contributed by atoms with van der Waals surface area (Å²) in [6.45, 7) is 0.635. The molecule has 0 fully saturated rings. The fourth-order valence-electron chi connectivity index (χ4n) is 5.42. The van der Waals surface area contributed by atoms with Gasteiger partial charge in [-0.05, 0) is 50.4 Å². The predicted molar refractivity (Wildman–Crippen MR) is 124 cm³/mol. The fraction of sp³-hybridized carbons (Fsp3) is 0.115. The number of nitrogens with zero attached hydrogens (tertiary/aromatic N) is 1. The molecule has 0 unspecified atom stereocenters. The van der Waals surface area contributed by atoms with E-state index >= 15 is 0 Å². The number of amides is 1. The first-order valence-corrected chi connectivity index (χ1v) is 10.9. The van der Waals surface area contributed by atoms with Gasteiger partial charge < -0.3 is 4.90 Å². The molecule has 0 saturated carbocycles. The van der Waals surface area contributed by atoms with Gasteiger partial charge in [-0.1, -0.05) is 91.0 Å². The van der Waals surface area contributed by atoms with Crippen molar-refractivity contribution in [2.45, 2.75) is 18.0 Å². The van der Waals surface area contributed by atoms with Crippen LogP contribution in [-0.4, -0.2) is 10.8 Å². The zero-order chi connectivity index (χ0) is 19.6. The number of carbonyl (C=O) groups excluding carboxylic acids is 1. The molecule has 29 heavy (non-hydrogen) atoms. The van der Waals surface area contributed by atoms with Gasteiger partial charge in [-0.15, -0.1) is 0 Å². The van der Waals surface area contributed by atoms with Crippen molar-refractivity contribution in [2.75, 3.05) is 0 Å². The minimum absolute atomic E-state index is 0.0915. The second-order valence-electron chi connectivity index (χ2n) is 7.84. The van der Waals surface area contributed by atoms with Crippen molar-refractivity contribution in [3.8, 4) is 0 Å². The molecule has 3 aliphatic rings. The van der Waals surface area contributed by atoms with E-state index in [2.05, 4.69) is 112 Å². The predicted octanol–water partition coefficient (Wildman–Crippen LogP) is 5.89. The molecule has 0 N–H and O–H groups in total. The van der Waals surface area contributed by atoms with Gasteiger partial charge in [0.15, 0.2) is 0 Å². The minimum Gasteiger partial charge on any atom is -0.319 e. The molecule has 2 aliphatic heterocycles. The summed E-state index contributed by atoms with van der Waals surface area (Å²) in [6.07, 6.45) is 4.53. The van der Waals surface area contributed by atoms with Gasteiger partial charge >= 0.3 is 0 Å². The van der Waals surface area contributed by atoms with Crippen LogP contribution in [0.2, 0.25) is 0 Å². The Morgan fingerprint density at radius 1 is 0.897 bits per heavy atom. The number of carbonyl (C=O) groups is 1. The molecule has 0 aromatic heterocycles. The number of hydrogen-bond donors (Lipinski definition) is 0. The maximum atomic E-state index is 13.6. The molecule has 3 heteroatoms. The molecular weight excluding hydrogens is 469 g/mol. The lowest BCUT2D eigenvalue weighted by molar-refractivity contribution is -0.130. The Morgan fingerprint density at radius 3 is 2.48 bits per heavy atom. The van der Waals surface area contributed by atoms with Crippen LogP contribution in [0.4, 0.5) is 0 Å². The maximum absolute atomic E-state index is 13.6. The molecule has 2 atom stereocenters. The van der Waals surface area contributed by atoms with Crippen LogP contribution in [0.5, 0.6) is 0 Å². The Kier molecular flexibility index (Phi) is 3.66. The first-order valence-electron chi connectivity index (χ1n) is 9.86. The summed E-state index contributed by atoms with van der Waals surface area (Å²) in [4.78, 5) is 15.7. The van der Waals surface area contributed by atoms with Gasteiger partial charge in [0.2, 0.25) is 0 Å². The molecular formula is C26H18INO. The number of rotatable bonds is 1. The van der Waals surface area contributed by atoms with Crippen molar-refractivity contribution in [3.63, 3.8) is 0 Å². The highest BCUT2D eigenvalue weighted by atomic mass is 127. The van der Waals surface area contributed by atoms with Crippen LogP contribution in [0.1, 0.15) is 33.7 Å². The number of fused-ring (bicyclic) bond motifs is 3. The summed E-state index contributed by atoms with van der Waals surface area (Å²) in [5, 5.41) is 0. The quantitative estimate of drug-likeness (QED) is 0.392. The van der Waals surface area contributed by atoms with Crippen LogP contribution in [0.15, 0.2) is 88.5 Å². The third-order valence-electron chi connectivity index (χ3n) is 6.53. The normalized spacial score (nSPS) is 24.1. The second-order valence-corrected chi connectivity index (χ2v) is 8.91. The van der Waals surface area contributed by atoms with Crippen molar-refractivity contribution in [1.82, 2.24) is 4.90 Å². The molecule has 1 spiro atoms. The molecule has 140 valence electrons. The van der Waals surface area contributed by atoms with Gasteiger partial charge in [0.05, 0.1) is 3.58 Å². The first-order chi connectivity index (χ1) is 14.2. The van der Waals surface area contributed by atoms with E-state index < -0.39 is 5.54 Å². The molecule has 2 nitrogen and oxygen atoms in total. The average molecular weight is 487 g/mol. The Bertz CT molecular complexity index is 1230. The van der Waals surface area contributed by atoms with Crippen LogP contribution in [0.3, 0.4) is 0 Å². The Balaban J connectivity index is 1.75. The molecule has 0 bridgehead atoms.